The summed E-state index contributed by atoms with van der Waals surface area (Å²) in [5, 5.41) is 11.8. The van der Waals surface area contributed by atoms with Crippen LogP contribution >= 0.6 is 23.2 Å². The van der Waals surface area contributed by atoms with Gasteiger partial charge in [-0.2, -0.15) is 0 Å². The highest BCUT2D eigenvalue weighted by Crippen LogP contribution is 2.27. The molecule has 134 valence electrons. The second-order valence-electron chi connectivity index (χ2n) is 5.41. The normalized spacial score (nSPS) is 10.6. The largest absolute Gasteiger partial charge is 0.495 e. The number of benzene rings is 2. The fourth-order valence-corrected chi connectivity index (χ4v) is 2.64. The third kappa shape index (κ3) is 4.53. The van der Waals surface area contributed by atoms with Gasteiger partial charge in [0, 0.05) is 29.1 Å². The first kappa shape index (κ1) is 18.2. The van der Waals surface area contributed by atoms with Crippen molar-refractivity contribution in [2.75, 3.05) is 12.4 Å². The summed E-state index contributed by atoms with van der Waals surface area (Å²) in [6, 6.07) is 12.1. The van der Waals surface area contributed by atoms with Gasteiger partial charge in [0.05, 0.1) is 12.1 Å². The molecule has 26 heavy (non-hydrogen) atoms. The molecule has 1 aromatic heterocycles. The van der Waals surface area contributed by atoms with E-state index in [1.165, 1.54) is 7.11 Å². The molecule has 0 aliphatic heterocycles. The highest BCUT2D eigenvalue weighted by atomic mass is 35.5. The van der Waals surface area contributed by atoms with E-state index >= 15 is 0 Å². The number of hydrogen-bond acceptors (Lipinski definition) is 5. The molecule has 0 saturated heterocycles. The molecule has 0 aliphatic rings. The molecule has 3 aromatic rings. The minimum absolute atomic E-state index is 0.183. The zero-order valence-electron chi connectivity index (χ0n) is 13.8. The minimum Gasteiger partial charge on any atom is -0.495 e. The van der Waals surface area contributed by atoms with E-state index in [1.54, 1.807) is 42.5 Å². The van der Waals surface area contributed by atoms with Gasteiger partial charge in [-0.25, -0.2) is 0 Å². The Morgan fingerprint density at radius 3 is 2.62 bits per heavy atom. The molecule has 0 unspecified atom stereocenters. The van der Waals surface area contributed by atoms with Crippen molar-refractivity contribution < 1.29 is 13.9 Å². The van der Waals surface area contributed by atoms with Crippen LogP contribution in [-0.2, 0) is 11.2 Å². The Morgan fingerprint density at radius 1 is 1.15 bits per heavy atom. The molecule has 1 heterocycles. The number of aromatic nitrogens is 2. The maximum Gasteiger partial charge on any atom is 0.247 e. The first-order valence-corrected chi connectivity index (χ1v) is 8.52. The first-order valence-electron chi connectivity index (χ1n) is 7.77. The van der Waals surface area contributed by atoms with Crippen molar-refractivity contribution in [2.45, 2.75) is 12.8 Å². The fraction of sp³-hybridized carbons (Fsp3) is 0.167. The van der Waals surface area contributed by atoms with E-state index in [4.69, 9.17) is 32.4 Å². The monoisotopic (exact) mass is 391 g/mol. The van der Waals surface area contributed by atoms with Gasteiger partial charge in [0.2, 0.25) is 17.7 Å². The molecule has 8 heteroatoms. The average molecular weight is 392 g/mol. The van der Waals surface area contributed by atoms with Crippen molar-refractivity contribution in [3.63, 3.8) is 0 Å². The highest BCUT2D eigenvalue weighted by molar-refractivity contribution is 6.32. The lowest BCUT2D eigenvalue weighted by molar-refractivity contribution is -0.116. The van der Waals surface area contributed by atoms with Gasteiger partial charge in [0.25, 0.3) is 0 Å². The topological polar surface area (TPSA) is 77.2 Å². The standard InChI is InChI=1S/C18H15Cl2N3O3/c1-25-15-7-6-13(10-14(15)20)21-16(24)8-9-17-22-23-18(26-17)11-2-4-12(19)5-3-11/h2-7,10H,8-9H2,1H3,(H,21,24). The molecule has 0 spiro atoms. The van der Waals surface area contributed by atoms with Gasteiger partial charge in [0.1, 0.15) is 5.75 Å². The van der Waals surface area contributed by atoms with Gasteiger partial charge < -0.3 is 14.5 Å². The van der Waals surface area contributed by atoms with Crippen LogP contribution in [0.1, 0.15) is 12.3 Å². The second-order valence-corrected chi connectivity index (χ2v) is 6.25. The van der Waals surface area contributed by atoms with Crippen molar-refractivity contribution in [2.24, 2.45) is 0 Å². The summed E-state index contributed by atoms with van der Waals surface area (Å²) in [5.41, 5.74) is 1.36. The van der Waals surface area contributed by atoms with Gasteiger partial charge in [0.15, 0.2) is 0 Å². The third-order valence-corrected chi connectivity index (χ3v) is 4.11. The number of hydrogen-bond donors (Lipinski definition) is 1. The number of ether oxygens (including phenoxy) is 1. The summed E-state index contributed by atoms with van der Waals surface area (Å²) in [4.78, 5) is 12.1. The summed E-state index contributed by atoms with van der Waals surface area (Å²) >= 11 is 11.9. The maximum atomic E-state index is 12.1. The Morgan fingerprint density at radius 2 is 1.92 bits per heavy atom. The zero-order chi connectivity index (χ0) is 18.5. The van der Waals surface area contributed by atoms with Gasteiger partial charge >= 0.3 is 0 Å². The van der Waals surface area contributed by atoms with Crippen LogP contribution in [0, 0.1) is 0 Å². The molecule has 0 saturated carbocycles. The summed E-state index contributed by atoms with van der Waals surface area (Å²) in [5.74, 6) is 1.14. The lowest BCUT2D eigenvalue weighted by Gasteiger charge is -2.07. The number of nitrogens with one attached hydrogen (secondary N) is 1. The summed E-state index contributed by atoms with van der Waals surface area (Å²) in [7, 11) is 1.53. The van der Waals surface area contributed by atoms with Crippen molar-refractivity contribution in [1.82, 2.24) is 10.2 Å². The van der Waals surface area contributed by atoms with Crippen molar-refractivity contribution in [3.8, 4) is 17.2 Å². The van der Waals surface area contributed by atoms with E-state index in [0.29, 0.717) is 39.7 Å². The molecule has 0 bridgehead atoms. The Bertz CT molecular complexity index is 910. The Balaban J connectivity index is 1.56. The van der Waals surface area contributed by atoms with E-state index < -0.39 is 0 Å². The molecule has 0 atom stereocenters. The number of rotatable bonds is 6. The molecule has 0 aliphatic carbocycles. The van der Waals surface area contributed by atoms with Gasteiger partial charge in [-0.3, -0.25) is 4.79 Å². The van der Waals surface area contributed by atoms with E-state index in [-0.39, 0.29) is 12.3 Å². The summed E-state index contributed by atoms with van der Waals surface area (Å²) < 4.78 is 10.7. The number of anilines is 1. The fourth-order valence-electron chi connectivity index (χ4n) is 2.25. The van der Waals surface area contributed by atoms with Crippen LogP contribution in [0.4, 0.5) is 5.69 Å². The van der Waals surface area contributed by atoms with Crippen LogP contribution in [0.25, 0.3) is 11.5 Å². The first-order chi connectivity index (χ1) is 12.5. The number of carbonyl (C=O) groups is 1. The number of carbonyl (C=O) groups excluding carboxylic acids is 1. The van der Waals surface area contributed by atoms with Crippen molar-refractivity contribution >= 4 is 34.8 Å². The smallest absolute Gasteiger partial charge is 0.247 e. The molecule has 3 rings (SSSR count). The Labute approximate surface area is 160 Å². The number of amides is 1. The lowest BCUT2D eigenvalue weighted by Crippen LogP contribution is -2.12. The zero-order valence-corrected chi connectivity index (χ0v) is 15.3. The van der Waals surface area contributed by atoms with E-state index in [1.807, 2.05) is 0 Å². The molecule has 0 radical (unpaired) electrons. The van der Waals surface area contributed by atoms with E-state index in [2.05, 4.69) is 15.5 Å². The molecular formula is C18H15Cl2N3O3. The number of aryl methyl sites for hydroxylation is 1. The SMILES string of the molecule is COc1ccc(NC(=O)CCc2nnc(-c3ccc(Cl)cc3)o2)cc1Cl. The van der Waals surface area contributed by atoms with Crippen molar-refractivity contribution in [3.05, 3.63) is 58.4 Å². The van der Waals surface area contributed by atoms with Crippen LogP contribution in [0.15, 0.2) is 46.9 Å². The number of methoxy groups -OCH3 is 1. The maximum absolute atomic E-state index is 12.1. The molecule has 0 fully saturated rings. The lowest BCUT2D eigenvalue weighted by atomic mass is 10.2. The summed E-state index contributed by atoms with van der Waals surface area (Å²) in [6.45, 7) is 0. The molecule has 1 amide bonds. The molecule has 2 aromatic carbocycles. The minimum atomic E-state index is -0.183. The van der Waals surface area contributed by atoms with Crippen LogP contribution < -0.4 is 10.1 Å². The average Bonchev–Trinajstić information content (AvgIpc) is 3.10. The third-order valence-electron chi connectivity index (χ3n) is 3.56. The molecule has 1 N–H and O–H groups in total. The van der Waals surface area contributed by atoms with E-state index in [0.717, 1.165) is 5.56 Å². The van der Waals surface area contributed by atoms with Gasteiger partial charge in [-0.1, -0.05) is 23.2 Å². The van der Waals surface area contributed by atoms with E-state index in [9.17, 15) is 4.79 Å². The molecule has 6 nitrogen and oxygen atoms in total. The second kappa shape index (κ2) is 8.21. The van der Waals surface area contributed by atoms with Crippen molar-refractivity contribution in [1.29, 1.82) is 0 Å². The van der Waals surface area contributed by atoms with Crippen LogP contribution in [0.5, 0.6) is 5.75 Å². The number of halogens is 2. The molecular weight excluding hydrogens is 377 g/mol. The Kier molecular flexibility index (Phi) is 5.75. The van der Waals surface area contributed by atoms with Gasteiger partial charge in [-0.15, -0.1) is 10.2 Å². The Hall–Kier alpha value is -2.57. The van der Waals surface area contributed by atoms with Crippen LogP contribution in [0.2, 0.25) is 10.0 Å². The highest BCUT2D eigenvalue weighted by Gasteiger charge is 2.11. The predicted molar refractivity (Wildman–Crippen MR) is 99.7 cm³/mol. The van der Waals surface area contributed by atoms with Gasteiger partial charge in [-0.05, 0) is 42.5 Å². The quantitative estimate of drug-likeness (QED) is 0.662. The predicted octanol–water partition coefficient (Wildman–Crippen LogP) is 4.62. The van der Waals surface area contributed by atoms with Crippen LogP contribution in [-0.4, -0.2) is 23.2 Å². The van der Waals surface area contributed by atoms with Crippen LogP contribution in [0.3, 0.4) is 0 Å². The number of nitrogens with zero attached hydrogens (tertiary/aromatic N) is 2. The summed E-state index contributed by atoms with van der Waals surface area (Å²) in [6.07, 6.45) is 0.530.